The summed E-state index contributed by atoms with van der Waals surface area (Å²) in [4.78, 5) is 23.1. The highest BCUT2D eigenvalue weighted by atomic mass is 16.5. The number of carbonyl (C=O) groups excluding carboxylic acids is 2. The summed E-state index contributed by atoms with van der Waals surface area (Å²) < 4.78 is 13.4. The van der Waals surface area contributed by atoms with Gasteiger partial charge >= 0.3 is 11.9 Å². The monoisotopic (exact) mass is 383 g/mol. The Labute approximate surface area is 165 Å². The second kappa shape index (κ2) is 10.1. The van der Waals surface area contributed by atoms with E-state index < -0.39 is 5.97 Å². The van der Waals surface area contributed by atoms with Gasteiger partial charge in [-0.25, -0.2) is 9.59 Å². The predicted molar refractivity (Wildman–Crippen MR) is 110 cm³/mol. The third-order valence-electron chi connectivity index (χ3n) is 4.01. The van der Waals surface area contributed by atoms with Crippen molar-refractivity contribution in [3.63, 3.8) is 0 Å². The summed E-state index contributed by atoms with van der Waals surface area (Å²) in [5, 5.41) is 1.03. The van der Waals surface area contributed by atoms with Gasteiger partial charge < -0.3 is 9.47 Å². The zero-order valence-corrected chi connectivity index (χ0v) is 14.6. The summed E-state index contributed by atoms with van der Waals surface area (Å²) in [5.74, 6) is -0.777. The molecule has 0 radical (unpaired) electrons. The van der Waals surface area contributed by atoms with Crippen LogP contribution in [0.1, 0.15) is 30.8 Å². The number of methoxy groups -OCH3 is 2. The fourth-order valence-corrected chi connectivity index (χ4v) is 2.78. The van der Waals surface area contributed by atoms with Crippen molar-refractivity contribution in [2.45, 2.75) is 21.5 Å². The first-order chi connectivity index (χ1) is 12.6. The number of benzene rings is 1. The molecule has 0 unspecified atom stereocenters. The molecule has 0 atom stereocenters. The van der Waals surface area contributed by atoms with Crippen molar-refractivity contribution < 1.29 is 23.6 Å². The molecule has 0 spiro atoms. The van der Waals surface area contributed by atoms with Gasteiger partial charge in [0.05, 0.1) is 19.7 Å². The molecule has 28 heavy (non-hydrogen) atoms. The lowest BCUT2D eigenvalue weighted by molar-refractivity contribution is -0.701. The van der Waals surface area contributed by atoms with Gasteiger partial charge in [-0.05, 0) is 18.2 Å². The van der Waals surface area contributed by atoms with Crippen molar-refractivity contribution in [2.24, 2.45) is 0 Å². The van der Waals surface area contributed by atoms with Crippen LogP contribution in [-0.4, -0.2) is 30.7 Å². The molecule has 0 N–H and O–H groups in total. The molecule has 1 aromatic carbocycles. The minimum Gasteiger partial charge on any atom is -0.466 e. The van der Waals surface area contributed by atoms with Crippen LogP contribution >= 0.6 is 0 Å². The Morgan fingerprint density at radius 1 is 1.07 bits per heavy atom. The van der Waals surface area contributed by atoms with E-state index in [1.807, 2.05) is 45.8 Å². The molecule has 0 saturated heterocycles. The molecule has 3 rings (SSSR count). The van der Waals surface area contributed by atoms with Crippen LogP contribution in [0.2, 0.25) is 0 Å². The highest BCUT2D eigenvalue weighted by Crippen LogP contribution is 2.22. The topological polar surface area (TPSA) is 61.4 Å². The fraction of sp³-hybridized carbons (Fsp3) is 0.227. The minimum atomic E-state index is -0.401. The summed E-state index contributed by atoms with van der Waals surface area (Å²) in [6.07, 6.45) is 8.72. The summed E-state index contributed by atoms with van der Waals surface area (Å²) >= 11 is 0. The molecule has 2 heterocycles. The summed E-state index contributed by atoms with van der Waals surface area (Å²) in [7, 11) is 2.71. The van der Waals surface area contributed by atoms with Crippen molar-refractivity contribution in [3.8, 4) is 0 Å². The van der Waals surface area contributed by atoms with E-state index >= 15 is 0 Å². The molecule has 2 aromatic heterocycles. The number of hydrogen-bond donors (Lipinski definition) is 0. The van der Waals surface area contributed by atoms with Crippen LogP contribution < -0.4 is 4.57 Å². The van der Waals surface area contributed by atoms with Crippen molar-refractivity contribution >= 4 is 28.9 Å². The number of nitrogens with zero attached hydrogens (tertiary/aromatic N) is 2. The zero-order chi connectivity index (χ0) is 18.5. The molecule has 3 aromatic rings. The Kier molecular flexibility index (Phi) is 8.13. The Morgan fingerprint density at radius 3 is 2.54 bits per heavy atom. The van der Waals surface area contributed by atoms with Crippen LogP contribution in [0.4, 0.5) is 0 Å². The molecule has 0 saturated carbocycles. The smallest absolute Gasteiger partial charge is 0.343 e. The summed E-state index contributed by atoms with van der Waals surface area (Å²) in [6.45, 7) is 0.511. The molecule has 0 fully saturated rings. The van der Waals surface area contributed by atoms with E-state index in [0.29, 0.717) is 12.2 Å². The van der Waals surface area contributed by atoms with Gasteiger partial charge in [-0.2, -0.15) is 4.57 Å². The number of fused-ring (bicyclic) bond motifs is 1. The maximum absolute atomic E-state index is 11.7. The van der Waals surface area contributed by atoms with E-state index in [-0.39, 0.29) is 20.8 Å². The van der Waals surface area contributed by atoms with Gasteiger partial charge in [-0.15, -0.1) is 0 Å². The van der Waals surface area contributed by atoms with E-state index in [9.17, 15) is 9.59 Å². The molecule has 6 heteroatoms. The second-order valence-corrected chi connectivity index (χ2v) is 5.67. The quantitative estimate of drug-likeness (QED) is 0.383. The van der Waals surface area contributed by atoms with Gasteiger partial charge in [0.25, 0.3) is 0 Å². The lowest BCUT2D eigenvalue weighted by Crippen LogP contribution is -2.37. The number of rotatable bonds is 5. The highest BCUT2D eigenvalue weighted by molar-refractivity contribution is 5.94. The van der Waals surface area contributed by atoms with Crippen LogP contribution in [0.5, 0.6) is 0 Å². The van der Waals surface area contributed by atoms with Crippen LogP contribution in [0, 0.1) is 0 Å². The van der Waals surface area contributed by atoms with Gasteiger partial charge in [0.2, 0.25) is 6.67 Å². The third-order valence-corrected chi connectivity index (χ3v) is 4.01. The molecule has 148 valence electrons. The first-order valence-corrected chi connectivity index (χ1v) is 8.03. The zero-order valence-electron chi connectivity index (χ0n) is 14.6. The van der Waals surface area contributed by atoms with E-state index in [1.165, 1.54) is 20.3 Å². The van der Waals surface area contributed by atoms with E-state index in [1.54, 1.807) is 24.4 Å². The van der Waals surface area contributed by atoms with E-state index in [4.69, 9.17) is 4.74 Å². The predicted octanol–water partition coefficient (Wildman–Crippen LogP) is 3.68. The number of aromatic nitrogens is 2. The van der Waals surface area contributed by atoms with Crippen LogP contribution in [0.15, 0.2) is 61.1 Å². The third kappa shape index (κ3) is 4.85. The summed E-state index contributed by atoms with van der Waals surface area (Å²) in [6, 6.07) is 11.4. The standard InChI is InChI=1S/C20H19N2O4.2CH4/c1-25-19(23)10-9-15-13-22(18-8-4-3-7-17(15)18)14-21-11-5-6-16(12-21)20(24)26-2;;/h3-13H,14H2,1-2H3;2*1H4/q+1;;/b10-9+;;. The molecule has 0 aliphatic rings. The fourth-order valence-electron chi connectivity index (χ4n) is 2.78. The van der Waals surface area contributed by atoms with Crippen molar-refractivity contribution in [1.29, 1.82) is 0 Å². The minimum absolute atomic E-state index is 0. The van der Waals surface area contributed by atoms with E-state index in [0.717, 1.165) is 16.5 Å². The molecule has 0 aliphatic heterocycles. The lowest BCUT2D eigenvalue weighted by atomic mass is 10.1. The van der Waals surface area contributed by atoms with Gasteiger partial charge in [0, 0.05) is 29.3 Å². The van der Waals surface area contributed by atoms with Gasteiger partial charge in [0.1, 0.15) is 5.56 Å². The number of esters is 2. The molecule has 0 bridgehead atoms. The number of para-hydroxylation sites is 1. The summed E-state index contributed by atoms with van der Waals surface area (Å²) in [5.41, 5.74) is 2.42. The maximum Gasteiger partial charge on any atom is 0.343 e. The average Bonchev–Trinajstić information content (AvgIpc) is 3.03. The number of ether oxygens (including phenoxy) is 2. The first-order valence-electron chi connectivity index (χ1n) is 8.03. The number of pyridine rings is 1. The van der Waals surface area contributed by atoms with Gasteiger partial charge in [-0.3, -0.25) is 4.57 Å². The largest absolute Gasteiger partial charge is 0.466 e. The van der Waals surface area contributed by atoms with Crippen LogP contribution in [0.25, 0.3) is 17.0 Å². The van der Waals surface area contributed by atoms with Crippen molar-refractivity contribution in [2.75, 3.05) is 14.2 Å². The molecule has 0 aliphatic carbocycles. The average molecular weight is 383 g/mol. The normalized spacial score (nSPS) is 10.2. The number of hydrogen-bond acceptors (Lipinski definition) is 4. The van der Waals surface area contributed by atoms with Gasteiger partial charge in [-0.1, -0.05) is 33.1 Å². The van der Waals surface area contributed by atoms with Crippen LogP contribution in [-0.2, 0) is 20.9 Å². The lowest BCUT2D eigenvalue weighted by Gasteiger charge is -2.03. The maximum atomic E-state index is 11.7. The Balaban J connectivity index is 0.00000196. The van der Waals surface area contributed by atoms with Crippen LogP contribution in [0.3, 0.4) is 0 Å². The second-order valence-electron chi connectivity index (χ2n) is 5.67. The SMILES string of the molecule is C.C.COC(=O)/C=C/c1cn(C[n+]2cccc(C(=O)OC)c2)c2ccccc12. The van der Waals surface area contributed by atoms with Gasteiger partial charge in [0.15, 0.2) is 12.4 Å². The highest BCUT2D eigenvalue weighted by Gasteiger charge is 2.13. The van der Waals surface area contributed by atoms with Crippen molar-refractivity contribution in [1.82, 2.24) is 4.57 Å². The van der Waals surface area contributed by atoms with Crippen molar-refractivity contribution in [3.05, 3.63) is 72.2 Å². The Morgan fingerprint density at radius 2 is 1.82 bits per heavy atom. The Bertz CT molecular complexity index is 989. The number of carbonyl (C=O) groups is 2. The van der Waals surface area contributed by atoms with E-state index in [2.05, 4.69) is 4.74 Å². The first kappa shape index (κ1) is 22.6. The Hall–Kier alpha value is -3.41. The molecular weight excluding hydrogens is 356 g/mol. The molecular formula is C22H27N2O4+. The molecule has 0 amide bonds. The molecule has 6 nitrogen and oxygen atoms in total.